The second-order valence-electron chi connectivity index (χ2n) is 5.71. The van der Waals surface area contributed by atoms with Gasteiger partial charge in [-0.05, 0) is 48.4 Å². The Balaban J connectivity index is 1.93. The number of methoxy groups -OCH3 is 3. The van der Waals surface area contributed by atoms with Gasteiger partial charge >= 0.3 is 0 Å². The van der Waals surface area contributed by atoms with Crippen molar-refractivity contribution < 1.29 is 14.2 Å². The van der Waals surface area contributed by atoms with Crippen LogP contribution in [0.15, 0.2) is 42.6 Å². The highest BCUT2D eigenvalue weighted by Crippen LogP contribution is 2.38. The molecule has 0 N–H and O–H groups in total. The number of rotatable bonds is 6. The molecule has 0 aliphatic carbocycles. The number of ether oxygens (including phenoxy) is 3. The zero-order valence-corrected chi connectivity index (χ0v) is 15.1. The lowest BCUT2D eigenvalue weighted by Gasteiger charge is -2.12. The molecule has 25 heavy (non-hydrogen) atoms. The molecule has 1 aromatic heterocycles. The summed E-state index contributed by atoms with van der Waals surface area (Å²) < 4.78 is 18.4. The summed E-state index contributed by atoms with van der Waals surface area (Å²) in [6.07, 6.45) is 6.25. The highest BCUT2D eigenvalue weighted by molar-refractivity contribution is 5.84. The second kappa shape index (κ2) is 7.34. The van der Waals surface area contributed by atoms with Crippen LogP contribution in [0.25, 0.3) is 23.1 Å². The van der Waals surface area contributed by atoms with E-state index in [2.05, 4.69) is 48.0 Å². The Morgan fingerprint density at radius 1 is 0.840 bits per heavy atom. The van der Waals surface area contributed by atoms with Crippen LogP contribution in [0.5, 0.6) is 17.2 Å². The fourth-order valence-electron chi connectivity index (χ4n) is 2.99. The molecule has 0 saturated heterocycles. The van der Waals surface area contributed by atoms with Crippen LogP contribution in [0.1, 0.15) is 18.1 Å². The van der Waals surface area contributed by atoms with Crippen LogP contribution in [0, 0.1) is 0 Å². The van der Waals surface area contributed by atoms with E-state index in [0.29, 0.717) is 17.2 Å². The van der Waals surface area contributed by atoms with E-state index < -0.39 is 0 Å². The fourth-order valence-corrected chi connectivity index (χ4v) is 2.99. The van der Waals surface area contributed by atoms with Gasteiger partial charge in [-0.3, -0.25) is 0 Å². The van der Waals surface area contributed by atoms with Crippen LogP contribution in [0.4, 0.5) is 0 Å². The van der Waals surface area contributed by atoms with Gasteiger partial charge in [0.05, 0.1) is 21.3 Å². The fraction of sp³-hybridized carbons (Fsp3) is 0.238. The maximum atomic E-state index is 5.40. The molecule has 4 heteroatoms. The highest BCUT2D eigenvalue weighted by atomic mass is 16.5. The van der Waals surface area contributed by atoms with E-state index in [-0.39, 0.29) is 0 Å². The van der Waals surface area contributed by atoms with Crippen molar-refractivity contribution in [2.24, 2.45) is 0 Å². The Bertz CT molecular complexity index is 884. The first-order chi connectivity index (χ1) is 12.2. The first-order valence-electron chi connectivity index (χ1n) is 8.27. The smallest absolute Gasteiger partial charge is 0.203 e. The Hall–Kier alpha value is -2.88. The zero-order chi connectivity index (χ0) is 17.8. The van der Waals surface area contributed by atoms with Crippen molar-refractivity contribution in [3.8, 4) is 17.2 Å². The maximum Gasteiger partial charge on any atom is 0.203 e. The third-order valence-corrected chi connectivity index (χ3v) is 4.29. The van der Waals surface area contributed by atoms with Crippen LogP contribution < -0.4 is 14.2 Å². The van der Waals surface area contributed by atoms with Gasteiger partial charge in [0.2, 0.25) is 5.75 Å². The molecule has 1 heterocycles. The molecule has 3 aromatic rings. The summed E-state index contributed by atoms with van der Waals surface area (Å²) in [6.45, 7) is 3.13. The maximum absolute atomic E-state index is 5.40. The molecular weight excluding hydrogens is 314 g/mol. The third-order valence-electron chi connectivity index (χ3n) is 4.29. The van der Waals surface area contributed by atoms with Crippen LogP contribution in [0.3, 0.4) is 0 Å². The van der Waals surface area contributed by atoms with Gasteiger partial charge in [0, 0.05) is 23.6 Å². The summed E-state index contributed by atoms with van der Waals surface area (Å²) in [5.41, 5.74) is 3.39. The van der Waals surface area contributed by atoms with E-state index in [0.717, 1.165) is 17.7 Å². The molecule has 130 valence electrons. The largest absolute Gasteiger partial charge is 0.493 e. The standard InChI is InChI=1S/C21H23NO3/c1-5-22-11-10-17-12-15(8-9-18(17)22)6-7-16-13-19(23-2)21(25-4)20(14-16)24-3/h6-14H,5H2,1-4H3/b7-6-. The topological polar surface area (TPSA) is 32.6 Å². The quantitative estimate of drug-likeness (QED) is 0.602. The van der Waals surface area contributed by atoms with Crippen LogP contribution in [0.2, 0.25) is 0 Å². The number of aryl methyl sites for hydroxylation is 1. The third kappa shape index (κ3) is 3.33. The van der Waals surface area contributed by atoms with Crippen molar-refractivity contribution in [2.45, 2.75) is 13.5 Å². The van der Waals surface area contributed by atoms with Gasteiger partial charge in [0.15, 0.2) is 11.5 Å². The molecule has 0 spiro atoms. The molecule has 2 aromatic carbocycles. The van der Waals surface area contributed by atoms with Gasteiger partial charge in [0.1, 0.15) is 0 Å². The summed E-state index contributed by atoms with van der Waals surface area (Å²) in [6, 6.07) is 12.5. The van der Waals surface area contributed by atoms with Gasteiger partial charge in [-0.2, -0.15) is 0 Å². The van der Waals surface area contributed by atoms with Gasteiger partial charge < -0.3 is 18.8 Å². The first-order valence-corrected chi connectivity index (χ1v) is 8.27. The van der Waals surface area contributed by atoms with E-state index in [1.807, 2.05) is 18.2 Å². The van der Waals surface area contributed by atoms with Crippen molar-refractivity contribution in [2.75, 3.05) is 21.3 Å². The molecule has 4 nitrogen and oxygen atoms in total. The Morgan fingerprint density at radius 3 is 2.12 bits per heavy atom. The van der Waals surface area contributed by atoms with Crippen LogP contribution >= 0.6 is 0 Å². The summed E-state index contributed by atoms with van der Waals surface area (Å²) in [5, 5.41) is 1.24. The van der Waals surface area contributed by atoms with E-state index in [4.69, 9.17) is 14.2 Å². The van der Waals surface area contributed by atoms with Gasteiger partial charge in [-0.1, -0.05) is 18.2 Å². The van der Waals surface area contributed by atoms with E-state index in [9.17, 15) is 0 Å². The minimum atomic E-state index is 0.601. The van der Waals surface area contributed by atoms with Gasteiger partial charge in [-0.25, -0.2) is 0 Å². The second-order valence-corrected chi connectivity index (χ2v) is 5.71. The number of benzene rings is 2. The lowest BCUT2D eigenvalue weighted by Crippen LogP contribution is -1.95. The highest BCUT2D eigenvalue weighted by Gasteiger charge is 2.12. The summed E-state index contributed by atoms with van der Waals surface area (Å²) in [7, 11) is 4.85. The lowest BCUT2D eigenvalue weighted by atomic mass is 10.1. The predicted octanol–water partition coefficient (Wildman–Crippen LogP) is 4.86. The number of fused-ring (bicyclic) bond motifs is 1. The molecular formula is C21H23NO3. The van der Waals surface area contributed by atoms with E-state index >= 15 is 0 Å². The first kappa shape index (κ1) is 17.0. The minimum Gasteiger partial charge on any atom is -0.493 e. The Labute approximate surface area is 148 Å². The number of hydrogen-bond donors (Lipinski definition) is 0. The lowest BCUT2D eigenvalue weighted by molar-refractivity contribution is 0.324. The van der Waals surface area contributed by atoms with Crippen LogP contribution in [-0.4, -0.2) is 25.9 Å². The Kier molecular flexibility index (Phi) is 4.98. The minimum absolute atomic E-state index is 0.601. The monoisotopic (exact) mass is 337 g/mol. The molecule has 0 aliphatic heterocycles. The summed E-state index contributed by atoms with van der Waals surface area (Å²) in [5.74, 6) is 1.90. The molecule has 0 radical (unpaired) electrons. The molecule has 3 rings (SSSR count). The molecule has 0 aliphatic rings. The average Bonchev–Trinajstić information content (AvgIpc) is 3.07. The number of aromatic nitrogens is 1. The van der Waals surface area contributed by atoms with Crippen molar-refractivity contribution in [1.82, 2.24) is 4.57 Å². The molecule has 0 unspecified atom stereocenters. The van der Waals surface area contributed by atoms with Gasteiger partial charge in [0.25, 0.3) is 0 Å². The summed E-state index contributed by atoms with van der Waals surface area (Å²) in [4.78, 5) is 0. The van der Waals surface area contributed by atoms with E-state index in [1.54, 1.807) is 21.3 Å². The molecule has 0 saturated carbocycles. The SMILES string of the molecule is CCn1ccc2cc(/C=C\c3cc(OC)c(OC)c(OC)c3)ccc21. The molecule has 0 atom stereocenters. The van der Waals surface area contributed by atoms with E-state index in [1.165, 1.54) is 10.9 Å². The average molecular weight is 337 g/mol. The summed E-state index contributed by atoms with van der Waals surface area (Å²) >= 11 is 0. The normalized spacial score (nSPS) is 11.2. The van der Waals surface area contributed by atoms with Crippen molar-refractivity contribution in [3.05, 3.63) is 53.7 Å². The molecule has 0 amide bonds. The molecule has 0 bridgehead atoms. The van der Waals surface area contributed by atoms with Gasteiger partial charge in [-0.15, -0.1) is 0 Å². The van der Waals surface area contributed by atoms with Crippen molar-refractivity contribution in [1.29, 1.82) is 0 Å². The predicted molar refractivity (Wildman–Crippen MR) is 103 cm³/mol. The zero-order valence-electron chi connectivity index (χ0n) is 15.1. The van der Waals surface area contributed by atoms with Crippen molar-refractivity contribution in [3.63, 3.8) is 0 Å². The Morgan fingerprint density at radius 2 is 1.52 bits per heavy atom. The number of hydrogen-bond acceptors (Lipinski definition) is 3. The number of nitrogens with zero attached hydrogens (tertiary/aromatic N) is 1. The van der Waals surface area contributed by atoms with Crippen molar-refractivity contribution >= 4 is 23.1 Å². The molecule has 0 fully saturated rings. The van der Waals surface area contributed by atoms with Crippen LogP contribution in [-0.2, 0) is 6.54 Å².